The van der Waals surface area contributed by atoms with Gasteiger partial charge in [-0.15, -0.1) is 0 Å². The summed E-state index contributed by atoms with van der Waals surface area (Å²) in [5.74, 6) is 0.874. The molecule has 2 aromatic rings. The highest BCUT2D eigenvalue weighted by Crippen LogP contribution is 2.22. The number of nitrogens with zero attached hydrogens (tertiary/aromatic N) is 3. The van der Waals surface area contributed by atoms with Gasteiger partial charge < -0.3 is 14.4 Å². The second-order valence-electron chi connectivity index (χ2n) is 5.40. The molecule has 0 bridgehead atoms. The van der Waals surface area contributed by atoms with Crippen molar-refractivity contribution in [3.8, 4) is 11.8 Å². The summed E-state index contributed by atoms with van der Waals surface area (Å²) in [6.07, 6.45) is 3.42. The molecule has 0 saturated carbocycles. The van der Waals surface area contributed by atoms with Gasteiger partial charge in [0.25, 0.3) is 0 Å². The van der Waals surface area contributed by atoms with E-state index in [0.29, 0.717) is 6.01 Å². The van der Waals surface area contributed by atoms with Gasteiger partial charge in [0.1, 0.15) is 11.9 Å². The summed E-state index contributed by atoms with van der Waals surface area (Å²) < 4.78 is 11.1. The fourth-order valence-corrected chi connectivity index (χ4v) is 2.61. The minimum atomic E-state index is 0.0543. The number of amides is 1. The van der Waals surface area contributed by atoms with Crippen LogP contribution >= 0.6 is 0 Å². The minimum absolute atomic E-state index is 0.0543. The number of ether oxygens (including phenoxy) is 2. The predicted octanol–water partition coefficient (Wildman–Crippen LogP) is 2.03. The van der Waals surface area contributed by atoms with E-state index < -0.39 is 0 Å². The topological polar surface area (TPSA) is 64.6 Å². The van der Waals surface area contributed by atoms with E-state index >= 15 is 0 Å². The summed E-state index contributed by atoms with van der Waals surface area (Å²) in [5, 5.41) is 0.944. The average Bonchev–Trinajstić information content (AvgIpc) is 2.54. The van der Waals surface area contributed by atoms with E-state index in [-0.39, 0.29) is 12.0 Å². The Balaban J connectivity index is 1.70. The van der Waals surface area contributed by atoms with Gasteiger partial charge in [-0.3, -0.25) is 4.79 Å². The van der Waals surface area contributed by atoms with Crippen molar-refractivity contribution in [2.75, 3.05) is 20.2 Å². The Morgan fingerprint density at radius 3 is 2.77 bits per heavy atom. The first-order valence-electron chi connectivity index (χ1n) is 7.38. The molecule has 2 heterocycles. The van der Waals surface area contributed by atoms with Gasteiger partial charge in [-0.2, -0.15) is 4.98 Å². The van der Waals surface area contributed by atoms with E-state index in [1.807, 2.05) is 23.1 Å². The van der Waals surface area contributed by atoms with E-state index in [1.54, 1.807) is 20.2 Å². The lowest BCUT2D eigenvalue weighted by atomic mass is 10.1. The molecule has 22 heavy (non-hydrogen) atoms. The standard InChI is InChI=1S/C16H19N3O3/c1-11(20)19-7-5-13(6-8-19)22-16-17-10-12-3-4-14(21-2)9-15(12)18-16/h3-4,9-10,13H,5-8H2,1-2H3. The van der Waals surface area contributed by atoms with Crippen LogP contribution in [0, 0.1) is 0 Å². The van der Waals surface area contributed by atoms with Crippen molar-refractivity contribution in [3.05, 3.63) is 24.4 Å². The molecule has 0 aliphatic carbocycles. The van der Waals surface area contributed by atoms with Gasteiger partial charge in [0.15, 0.2) is 0 Å². The molecule has 1 aliphatic rings. The third-order valence-corrected chi connectivity index (χ3v) is 3.93. The lowest BCUT2D eigenvalue weighted by Gasteiger charge is -2.30. The molecule has 1 aliphatic heterocycles. The Bertz CT molecular complexity index is 681. The molecule has 1 saturated heterocycles. The lowest BCUT2D eigenvalue weighted by molar-refractivity contribution is -0.130. The van der Waals surface area contributed by atoms with Crippen LogP contribution in [0.5, 0.6) is 11.8 Å². The van der Waals surface area contributed by atoms with Crippen LogP contribution in [0.4, 0.5) is 0 Å². The number of hydrogen-bond donors (Lipinski definition) is 0. The van der Waals surface area contributed by atoms with E-state index in [4.69, 9.17) is 9.47 Å². The molecule has 6 heteroatoms. The number of aromatic nitrogens is 2. The maximum absolute atomic E-state index is 11.3. The molecule has 3 rings (SSSR count). The number of fused-ring (bicyclic) bond motifs is 1. The number of piperidine rings is 1. The Morgan fingerprint density at radius 1 is 1.32 bits per heavy atom. The fraction of sp³-hybridized carbons (Fsp3) is 0.438. The third kappa shape index (κ3) is 3.10. The van der Waals surface area contributed by atoms with Gasteiger partial charge in [-0.05, 0) is 12.1 Å². The van der Waals surface area contributed by atoms with Crippen LogP contribution < -0.4 is 9.47 Å². The van der Waals surface area contributed by atoms with Crippen molar-refractivity contribution in [1.82, 2.24) is 14.9 Å². The highest BCUT2D eigenvalue weighted by atomic mass is 16.5. The summed E-state index contributed by atoms with van der Waals surface area (Å²) in [6.45, 7) is 3.05. The summed E-state index contributed by atoms with van der Waals surface area (Å²) in [7, 11) is 1.63. The first-order chi connectivity index (χ1) is 10.7. The molecular formula is C16H19N3O3. The van der Waals surface area contributed by atoms with Gasteiger partial charge in [-0.25, -0.2) is 4.98 Å². The van der Waals surface area contributed by atoms with E-state index in [9.17, 15) is 4.79 Å². The van der Waals surface area contributed by atoms with Crippen LogP contribution in [0.25, 0.3) is 10.9 Å². The molecule has 0 unspecified atom stereocenters. The fourth-order valence-electron chi connectivity index (χ4n) is 2.61. The zero-order valence-electron chi connectivity index (χ0n) is 12.8. The maximum Gasteiger partial charge on any atom is 0.317 e. The SMILES string of the molecule is COc1ccc2cnc(OC3CCN(C(C)=O)CC3)nc2c1. The number of hydrogen-bond acceptors (Lipinski definition) is 5. The van der Waals surface area contributed by atoms with E-state index in [2.05, 4.69) is 9.97 Å². The summed E-state index contributed by atoms with van der Waals surface area (Å²) in [5.41, 5.74) is 0.797. The van der Waals surface area contributed by atoms with Crippen molar-refractivity contribution < 1.29 is 14.3 Å². The van der Waals surface area contributed by atoms with Crippen molar-refractivity contribution >= 4 is 16.8 Å². The highest BCUT2D eigenvalue weighted by molar-refractivity contribution is 5.79. The Hall–Kier alpha value is -2.37. The largest absolute Gasteiger partial charge is 0.497 e. The monoisotopic (exact) mass is 301 g/mol. The maximum atomic E-state index is 11.3. The van der Waals surface area contributed by atoms with Crippen molar-refractivity contribution in [2.45, 2.75) is 25.9 Å². The van der Waals surface area contributed by atoms with Gasteiger partial charge >= 0.3 is 6.01 Å². The minimum Gasteiger partial charge on any atom is -0.497 e. The van der Waals surface area contributed by atoms with Crippen LogP contribution in [0.2, 0.25) is 0 Å². The normalized spacial score (nSPS) is 15.8. The van der Waals surface area contributed by atoms with Gasteiger partial charge in [0.05, 0.1) is 12.6 Å². The molecule has 1 aromatic heterocycles. The van der Waals surface area contributed by atoms with Gasteiger partial charge in [-0.1, -0.05) is 0 Å². The second kappa shape index (κ2) is 6.17. The first-order valence-corrected chi connectivity index (χ1v) is 7.38. The van der Waals surface area contributed by atoms with E-state index in [1.165, 1.54) is 0 Å². The van der Waals surface area contributed by atoms with Crippen LogP contribution in [0.15, 0.2) is 24.4 Å². The lowest BCUT2D eigenvalue weighted by Crippen LogP contribution is -2.40. The van der Waals surface area contributed by atoms with Crippen molar-refractivity contribution in [3.63, 3.8) is 0 Å². The second-order valence-corrected chi connectivity index (χ2v) is 5.40. The molecule has 6 nitrogen and oxygen atoms in total. The number of benzene rings is 1. The smallest absolute Gasteiger partial charge is 0.317 e. The van der Waals surface area contributed by atoms with Crippen molar-refractivity contribution in [1.29, 1.82) is 0 Å². The average molecular weight is 301 g/mol. The predicted molar refractivity (Wildman–Crippen MR) is 82.0 cm³/mol. The highest BCUT2D eigenvalue weighted by Gasteiger charge is 2.22. The molecule has 0 radical (unpaired) electrons. The summed E-state index contributed by atoms with van der Waals surface area (Å²) in [4.78, 5) is 21.9. The number of carbonyl (C=O) groups is 1. The number of rotatable bonds is 3. The Labute approximate surface area is 129 Å². The molecular weight excluding hydrogens is 282 g/mol. The molecule has 1 aromatic carbocycles. The number of methoxy groups -OCH3 is 1. The van der Waals surface area contributed by atoms with Crippen LogP contribution in [-0.2, 0) is 4.79 Å². The van der Waals surface area contributed by atoms with Crippen LogP contribution in [-0.4, -0.2) is 47.1 Å². The molecule has 0 N–H and O–H groups in total. The third-order valence-electron chi connectivity index (χ3n) is 3.93. The molecule has 1 amide bonds. The summed E-state index contributed by atoms with van der Waals surface area (Å²) >= 11 is 0. The first kappa shape index (κ1) is 14.6. The number of likely N-dealkylation sites (tertiary alicyclic amines) is 1. The van der Waals surface area contributed by atoms with Crippen LogP contribution in [0.3, 0.4) is 0 Å². The van der Waals surface area contributed by atoms with Gasteiger partial charge in [0.2, 0.25) is 5.91 Å². The van der Waals surface area contributed by atoms with E-state index in [0.717, 1.165) is 42.6 Å². The molecule has 116 valence electrons. The number of carbonyl (C=O) groups excluding carboxylic acids is 1. The van der Waals surface area contributed by atoms with Crippen LogP contribution in [0.1, 0.15) is 19.8 Å². The van der Waals surface area contributed by atoms with Crippen molar-refractivity contribution in [2.24, 2.45) is 0 Å². The zero-order valence-corrected chi connectivity index (χ0v) is 12.8. The Morgan fingerprint density at radius 2 is 2.09 bits per heavy atom. The molecule has 1 fully saturated rings. The molecule has 0 atom stereocenters. The quantitative estimate of drug-likeness (QED) is 0.868. The summed E-state index contributed by atoms with van der Waals surface area (Å²) in [6, 6.07) is 6.04. The zero-order chi connectivity index (χ0) is 15.5. The molecule has 0 spiro atoms. The Kier molecular flexibility index (Phi) is 4.09. The van der Waals surface area contributed by atoms with Gasteiger partial charge in [0, 0.05) is 50.5 Å².